The number of methoxy groups -OCH3 is 1. The maximum atomic E-state index is 12.0. The Morgan fingerprint density at radius 2 is 1.95 bits per heavy atom. The van der Waals surface area contributed by atoms with Crippen LogP contribution in [0.5, 0.6) is 5.75 Å². The lowest BCUT2D eigenvalue weighted by Gasteiger charge is -2.20. The minimum atomic E-state index is -2.43. The summed E-state index contributed by atoms with van der Waals surface area (Å²) >= 11 is 0. The van der Waals surface area contributed by atoms with Crippen LogP contribution in [0.1, 0.15) is 20.8 Å². The molecule has 1 aromatic rings. The molecular weight excluding hydrogens is 279 g/mol. The van der Waals surface area contributed by atoms with Gasteiger partial charge in [-0.15, -0.1) is 0 Å². The van der Waals surface area contributed by atoms with E-state index in [9.17, 15) is 9.36 Å². The molecule has 0 saturated heterocycles. The van der Waals surface area contributed by atoms with Crippen LogP contribution >= 0.6 is 7.14 Å². The molecule has 0 spiro atoms. The number of aromatic nitrogens is 1. The Morgan fingerprint density at radius 1 is 1.35 bits per heavy atom. The molecule has 0 radical (unpaired) electrons. The molecule has 0 aliphatic rings. The Hall–Kier alpha value is -1.55. The summed E-state index contributed by atoms with van der Waals surface area (Å²) in [5.74, 6) is 0.580. The normalized spacial score (nSPS) is 11.9. The summed E-state index contributed by atoms with van der Waals surface area (Å²) in [6.07, 6.45) is 0.850. The lowest BCUT2D eigenvalue weighted by molar-refractivity contribution is 0.0634. The van der Waals surface area contributed by atoms with Gasteiger partial charge in [-0.2, -0.15) is 0 Å². The third-order valence-corrected chi connectivity index (χ3v) is 3.79. The Morgan fingerprint density at radius 3 is 2.40 bits per heavy atom. The van der Waals surface area contributed by atoms with E-state index in [2.05, 4.69) is 10.3 Å². The molecule has 1 heterocycles. The van der Waals surface area contributed by atoms with Crippen LogP contribution in [-0.4, -0.2) is 37.1 Å². The number of hydrogen-bond acceptors (Lipinski definition) is 5. The third kappa shape index (κ3) is 4.85. The van der Waals surface area contributed by atoms with Crippen LogP contribution in [0.3, 0.4) is 0 Å². The van der Waals surface area contributed by atoms with E-state index in [1.54, 1.807) is 40.2 Å². The number of carbonyl (C=O) groups excluding carboxylic acids is 1. The standard InChI is InChI=1S/C13H21N2O4P/c1-13(2,3)19-12(16)15-11-10(18-4)7-9(8-14-11)20(5,6)17/h7-8H,1-6H3,(H,14,15,16). The predicted molar refractivity (Wildman–Crippen MR) is 79.7 cm³/mol. The Bertz CT molecular complexity index is 546. The molecule has 20 heavy (non-hydrogen) atoms. The first-order valence-corrected chi connectivity index (χ1v) is 8.72. The maximum absolute atomic E-state index is 12.0. The smallest absolute Gasteiger partial charge is 0.413 e. The molecule has 0 aliphatic heterocycles. The van der Waals surface area contributed by atoms with Crippen molar-refractivity contribution in [1.82, 2.24) is 4.98 Å². The quantitative estimate of drug-likeness (QED) is 0.868. The molecule has 0 bridgehead atoms. The number of ether oxygens (including phenoxy) is 2. The van der Waals surface area contributed by atoms with Crippen molar-refractivity contribution in [3.63, 3.8) is 0 Å². The zero-order chi connectivity index (χ0) is 15.6. The highest BCUT2D eigenvalue weighted by Gasteiger charge is 2.20. The molecule has 1 amide bonds. The second-order valence-electron chi connectivity index (χ2n) is 5.72. The third-order valence-electron chi connectivity index (χ3n) is 2.30. The van der Waals surface area contributed by atoms with E-state index >= 15 is 0 Å². The van der Waals surface area contributed by atoms with Crippen LogP contribution in [0.2, 0.25) is 0 Å². The van der Waals surface area contributed by atoms with Gasteiger partial charge >= 0.3 is 6.09 Å². The summed E-state index contributed by atoms with van der Waals surface area (Å²) in [6, 6.07) is 1.61. The zero-order valence-electron chi connectivity index (χ0n) is 12.7. The fourth-order valence-electron chi connectivity index (χ4n) is 1.38. The molecule has 112 valence electrons. The molecule has 1 rings (SSSR count). The van der Waals surface area contributed by atoms with Crippen molar-refractivity contribution >= 4 is 24.4 Å². The first-order valence-electron chi connectivity index (χ1n) is 6.12. The van der Waals surface area contributed by atoms with Gasteiger partial charge in [0.1, 0.15) is 12.7 Å². The number of carbonyl (C=O) groups is 1. The van der Waals surface area contributed by atoms with E-state index in [-0.39, 0.29) is 5.82 Å². The van der Waals surface area contributed by atoms with Crippen molar-refractivity contribution in [3.8, 4) is 5.75 Å². The van der Waals surface area contributed by atoms with Crippen LogP contribution in [0.25, 0.3) is 0 Å². The summed E-state index contributed by atoms with van der Waals surface area (Å²) < 4.78 is 22.3. The zero-order valence-corrected chi connectivity index (χ0v) is 13.6. The summed E-state index contributed by atoms with van der Waals surface area (Å²) in [5.41, 5.74) is -0.597. The van der Waals surface area contributed by atoms with Crippen molar-refractivity contribution in [2.24, 2.45) is 0 Å². The molecule has 0 unspecified atom stereocenters. The van der Waals surface area contributed by atoms with Crippen LogP contribution in [0.4, 0.5) is 10.6 Å². The highest BCUT2D eigenvalue weighted by Crippen LogP contribution is 2.36. The number of nitrogens with one attached hydrogen (secondary N) is 1. The first-order chi connectivity index (χ1) is 9.03. The fraction of sp³-hybridized carbons (Fsp3) is 0.538. The molecule has 0 fully saturated rings. The number of pyridine rings is 1. The largest absolute Gasteiger partial charge is 0.493 e. The summed E-state index contributed by atoms with van der Waals surface area (Å²) in [5, 5.41) is 3.10. The molecule has 0 aliphatic carbocycles. The van der Waals surface area contributed by atoms with Crippen LogP contribution in [0, 0.1) is 0 Å². The van der Waals surface area contributed by atoms with Crippen molar-refractivity contribution in [2.75, 3.05) is 25.8 Å². The van der Waals surface area contributed by atoms with E-state index < -0.39 is 18.8 Å². The van der Waals surface area contributed by atoms with Crippen molar-refractivity contribution in [1.29, 1.82) is 0 Å². The number of hydrogen-bond donors (Lipinski definition) is 1. The number of anilines is 1. The SMILES string of the molecule is COc1cc(P(C)(C)=O)cnc1NC(=O)OC(C)(C)C. The van der Waals surface area contributed by atoms with Gasteiger partial charge in [0.05, 0.1) is 7.11 Å². The van der Waals surface area contributed by atoms with Crippen molar-refractivity contribution in [2.45, 2.75) is 26.4 Å². The monoisotopic (exact) mass is 300 g/mol. The minimum Gasteiger partial charge on any atom is -0.493 e. The number of rotatable bonds is 3. The lowest BCUT2D eigenvalue weighted by Crippen LogP contribution is -2.27. The van der Waals surface area contributed by atoms with Gasteiger partial charge in [0.25, 0.3) is 0 Å². The van der Waals surface area contributed by atoms with Gasteiger partial charge in [0.15, 0.2) is 11.6 Å². The predicted octanol–water partition coefficient (Wildman–Crippen LogP) is 2.69. The Labute approximate surface area is 119 Å². The molecule has 0 atom stereocenters. The average Bonchev–Trinajstić information content (AvgIpc) is 2.25. The molecule has 0 saturated carbocycles. The highest BCUT2D eigenvalue weighted by molar-refractivity contribution is 7.70. The van der Waals surface area contributed by atoms with Gasteiger partial charge < -0.3 is 14.0 Å². The summed E-state index contributed by atoms with van der Waals surface area (Å²) in [4.78, 5) is 15.8. The van der Waals surface area contributed by atoms with E-state index in [4.69, 9.17) is 9.47 Å². The van der Waals surface area contributed by atoms with Crippen LogP contribution in [-0.2, 0) is 9.30 Å². The maximum Gasteiger partial charge on any atom is 0.413 e. The van der Waals surface area contributed by atoms with Gasteiger partial charge in [-0.3, -0.25) is 5.32 Å². The van der Waals surface area contributed by atoms with E-state index in [1.165, 1.54) is 13.3 Å². The molecule has 6 nitrogen and oxygen atoms in total. The molecule has 1 N–H and O–H groups in total. The van der Waals surface area contributed by atoms with Crippen LogP contribution < -0.4 is 15.4 Å². The molecule has 0 aromatic carbocycles. The molecular formula is C13H21N2O4P. The van der Waals surface area contributed by atoms with Gasteiger partial charge in [-0.05, 0) is 40.2 Å². The Balaban J connectivity index is 2.97. The summed E-state index contributed by atoms with van der Waals surface area (Å²) in [7, 11) is -0.977. The van der Waals surface area contributed by atoms with Gasteiger partial charge in [-0.25, -0.2) is 9.78 Å². The van der Waals surface area contributed by atoms with Gasteiger partial charge in [-0.1, -0.05) is 0 Å². The van der Waals surface area contributed by atoms with Crippen molar-refractivity contribution < 1.29 is 18.8 Å². The number of amides is 1. The van der Waals surface area contributed by atoms with Gasteiger partial charge in [0.2, 0.25) is 0 Å². The van der Waals surface area contributed by atoms with Crippen molar-refractivity contribution in [3.05, 3.63) is 12.3 Å². The first kappa shape index (κ1) is 16.5. The minimum absolute atomic E-state index is 0.235. The molecule has 7 heteroatoms. The lowest BCUT2D eigenvalue weighted by atomic mass is 10.2. The van der Waals surface area contributed by atoms with E-state index in [1.807, 2.05) is 0 Å². The van der Waals surface area contributed by atoms with Crippen LogP contribution in [0.15, 0.2) is 12.3 Å². The highest BCUT2D eigenvalue weighted by atomic mass is 31.2. The summed E-state index contributed by atoms with van der Waals surface area (Å²) in [6.45, 7) is 8.59. The van der Waals surface area contributed by atoms with Gasteiger partial charge in [0, 0.05) is 11.5 Å². The topological polar surface area (TPSA) is 77.5 Å². The molecule has 1 aromatic heterocycles. The fourth-order valence-corrected chi connectivity index (χ4v) is 2.14. The van der Waals surface area contributed by atoms with E-state index in [0.717, 1.165) is 0 Å². The Kier molecular flexibility index (Phi) is 4.81. The second kappa shape index (κ2) is 5.83. The number of nitrogens with zero attached hydrogens (tertiary/aromatic N) is 1. The average molecular weight is 300 g/mol. The second-order valence-corrected chi connectivity index (χ2v) is 8.94. The van der Waals surface area contributed by atoms with E-state index in [0.29, 0.717) is 11.1 Å².